The van der Waals surface area contributed by atoms with E-state index < -0.39 is 6.10 Å². The minimum Gasteiger partial charge on any atom is -0.382 e. The van der Waals surface area contributed by atoms with Crippen LogP contribution < -0.4 is 10.6 Å². The minimum atomic E-state index is -0.627. The Morgan fingerprint density at radius 1 is 1.35 bits per heavy atom. The lowest BCUT2D eigenvalue weighted by Gasteiger charge is -2.11. The topological polar surface area (TPSA) is 79.8 Å². The van der Waals surface area contributed by atoms with Gasteiger partial charge in [-0.15, -0.1) is 0 Å². The first kappa shape index (κ1) is 17.0. The van der Waals surface area contributed by atoms with Crippen LogP contribution in [0, 0.1) is 6.92 Å². The van der Waals surface area contributed by atoms with Gasteiger partial charge < -0.3 is 15.5 Å². The van der Waals surface area contributed by atoms with Gasteiger partial charge in [0.2, 0.25) is 12.0 Å². The van der Waals surface area contributed by atoms with E-state index in [4.69, 9.17) is 4.84 Å². The highest BCUT2D eigenvalue weighted by Gasteiger charge is 2.29. The zero-order valence-corrected chi connectivity index (χ0v) is 13.8. The highest BCUT2D eigenvalue weighted by Crippen LogP contribution is 2.19. The van der Waals surface area contributed by atoms with Crippen molar-refractivity contribution in [1.29, 1.82) is 0 Å². The number of nitrogens with one attached hydrogen (secondary N) is 2. The molecule has 0 fully saturated rings. The molecule has 0 bridgehead atoms. The van der Waals surface area contributed by atoms with E-state index in [-0.39, 0.29) is 30.8 Å². The van der Waals surface area contributed by atoms with E-state index in [2.05, 4.69) is 15.8 Å². The Morgan fingerprint density at radius 2 is 2.09 bits per heavy atom. The summed E-state index contributed by atoms with van der Waals surface area (Å²) in [4.78, 5) is 28.8. The van der Waals surface area contributed by atoms with Crippen molar-refractivity contribution in [1.82, 2.24) is 10.6 Å². The lowest BCUT2D eigenvalue weighted by Crippen LogP contribution is -2.38. The van der Waals surface area contributed by atoms with Crippen molar-refractivity contribution >= 4 is 17.5 Å². The molecule has 23 heavy (non-hydrogen) atoms. The van der Waals surface area contributed by atoms with Crippen LogP contribution in [0.3, 0.4) is 0 Å². The fourth-order valence-corrected chi connectivity index (χ4v) is 2.38. The number of rotatable bonds is 6. The normalized spacial score (nSPS) is 16.7. The van der Waals surface area contributed by atoms with Crippen LogP contribution >= 0.6 is 0 Å². The number of aryl methyl sites for hydroxylation is 1. The van der Waals surface area contributed by atoms with E-state index in [1.54, 1.807) is 0 Å². The molecule has 124 valence electrons. The van der Waals surface area contributed by atoms with Crippen molar-refractivity contribution in [3.8, 4) is 0 Å². The molecular weight excluding hydrogens is 294 g/mol. The predicted molar refractivity (Wildman–Crippen MR) is 88.1 cm³/mol. The van der Waals surface area contributed by atoms with E-state index in [0.717, 1.165) is 16.8 Å². The molecule has 6 nitrogen and oxygen atoms in total. The quantitative estimate of drug-likeness (QED) is 0.835. The minimum absolute atomic E-state index is 0.0792. The average molecular weight is 317 g/mol. The Bertz CT molecular complexity index is 611. The van der Waals surface area contributed by atoms with Crippen molar-refractivity contribution in [2.45, 2.75) is 45.8 Å². The van der Waals surface area contributed by atoms with Crippen LogP contribution in [0.4, 0.5) is 0 Å². The van der Waals surface area contributed by atoms with Gasteiger partial charge in [-0.2, -0.15) is 0 Å². The summed E-state index contributed by atoms with van der Waals surface area (Å²) >= 11 is 0. The second kappa shape index (κ2) is 7.76. The summed E-state index contributed by atoms with van der Waals surface area (Å²) in [5.74, 6) is -0.320. The van der Waals surface area contributed by atoms with E-state index in [1.807, 2.05) is 45.0 Å². The van der Waals surface area contributed by atoms with Crippen LogP contribution in [0.2, 0.25) is 0 Å². The fraction of sp³-hybridized carbons (Fsp3) is 0.471. The Kier molecular flexibility index (Phi) is 5.73. The van der Waals surface area contributed by atoms with Gasteiger partial charge in [0.25, 0.3) is 5.91 Å². The maximum Gasteiger partial charge on any atom is 0.264 e. The van der Waals surface area contributed by atoms with Crippen LogP contribution in [0.15, 0.2) is 29.4 Å². The second-order valence-electron chi connectivity index (χ2n) is 5.91. The number of carbonyl (C=O) groups is 2. The zero-order chi connectivity index (χ0) is 16.8. The maximum absolute atomic E-state index is 12.1. The Labute approximate surface area is 136 Å². The molecule has 1 aromatic carbocycles. The molecule has 6 heteroatoms. The Hall–Kier alpha value is -2.37. The van der Waals surface area contributed by atoms with Crippen molar-refractivity contribution in [2.75, 3.05) is 6.54 Å². The molecule has 1 aliphatic rings. The molecule has 1 aliphatic heterocycles. The van der Waals surface area contributed by atoms with Crippen molar-refractivity contribution in [3.05, 3.63) is 35.4 Å². The molecule has 0 radical (unpaired) electrons. The van der Waals surface area contributed by atoms with Gasteiger partial charge >= 0.3 is 0 Å². The van der Waals surface area contributed by atoms with Gasteiger partial charge in [0.1, 0.15) is 0 Å². The third-order valence-electron chi connectivity index (χ3n) is 3.52. The molecule has 0 aliphatic carbocycles. The smallest absolute Gasteiger partial charge is 0.264 e. The first-order chi connectivity index (χ1) is 11.0. The predicted octanol–water partition coefficient (Wildman–Crippen LogP) is 1.52. The van der Waals surface area contributed by atoms with E-state index in [1.165, 1.54) is 0 Å². The number of nitrogens with zero attached hydrogens (tertiary/aromatic N) is 1. The highest BCUT2D eigenvalue weighted by molar-refractivity contribution is 6.05. The SMILES string of the molecule is Cc1ccccc1C1=NO[C@H](C(=O)NCCC(=O)NC(C)C)C1. The van der Waals surface area contributed by atoms with E-state index >= 15 is 0 Å². The summed E-state index contributed by atoms with van der Waals surface area (Å²) in [7, 11) is 0. The summed E-state index contributed by atoms with van der Waals surface area (Å²) < 4.78 is 0. The standard InChI is InChI=1S/C17H23N3O3/c1-11(2)19-16(21)8-9-18-17(22)15-10-14(20-23-15)13-7-5-4-6-12(13)3/h4-7,11,15H,8-10H2,1-3H3,(H,18,22)(H,19,21)/t15-/m0/s1. The van der Waals surface area contributed by atoms with Crippen LogP contribution in [0.25, 0.3) is 0 Å². The molecule has 0 spiro atoms. The second-order valence-corrected chi connectivity index (χ2v) is 5.91. The summed E-state index contributed by atoms with van der Waals surface area (Å²) in [6.07, 6.45) is 0.0644. The van der Waals surface area contributed by atoms with Gasteiger partial charge in [-0.3, -0.25) is 9.59 Å². The van der Waals surface area contributed by atoms with Gasteiger partial charge in [0.05, 0.1) is 5.71 Å². The zero-order valence-electron chi connectivity index (χ0n) is 13.8. The van der Waals surface area contributed by atoms with Gasteiger partial charge in [-0.05, 0) is 26.3 Å². The molecule has 0 saturated carbocycles. The number of amides is 2. The third kappa shape index (κ3) is 4.81. The summed E-state index contributed by atoms with van der Waals surface area (Å²) in [5, 5.41) is 9.52. The molecule has 0 saturated heterocycles. The number of oxime groups is 1. The van der Waals surface area contributed by atoms with Crippen molar-refractivity contribution in [3.63, 3.8) is 0 Å². The monoisotopic (exact) mass is 317 g/mol. The fourth-order valence-electron chi connectivity index (χ4n) is 2.38. The molecule has 1 atom stereocenters. The summed E-state index contributed by atoms with van der Waals surface area (Å²) in [5.41, 5.74) is 2.88. The third-order valence-corrected chi connectivity index (χ3v) is 3.52. The van der Waals surface area contributed by atoms with Crippen LogP contribution in [0.1, 0.15) is 37.8 Å². The van der Waals surface area contributed by atoms with Crippen LogP contribution in [0.5, 0.6) is 0 Å². The van der Waals surface area contributed by atoms with Gasteiger partial charge in [0.15, 0.2) is 0 Å². The molecule has 2 N–H and O–H groups in total. The molecule has 2 rings (SSSR count). The van der Waals surface area contributed by atoms with Gasteiger partial charge in [-0.25, -0.2) is 0 Å². The molecular formula is C17H23N3O3. The molecule has 1 heterocycles. The Morgan fingerprint density at radius 3 is 2.78 bits per heavy atom. The van der Waals surface area contributed by atoms with Gasteiger partial charge in [-0.1, -0.05) is 29.4 Å². The van der Waals surface area contributed by atoms with Crippen molar-refractivity contribution in [2.24, 2.45) is 5.16 Å². The number of carbonyl (C=O) groups excluding carboxylic acids is 2. The number of hydrogen-bond donors (Lipinski definition) is 2. The maximum atomic E-state index is 12.1. The first-order valence-corrected chi connectivity index (χ1v) is 7.83. The lowest BCUT2D eigenvalue weighted by molar-refractivity contribution is -0.131. The summed E-state index contributed by atoms with van der Waals surface area (Å²) in [6, 6.07) is 7.96. The number of hydrogen-bond acceptors (Lipinski definition) is 4. The number of benzene rings is 1. The largest absolute Gasteiger partial charge is 0.382 e. The Balaban J connectivity index is 1.78. The van der Waals surface area contributed by atoms with E-state index in [9.17, 15) is 9.59 Å². The van der Waals surface area contributed by atoms with E-state index in [0.29, 0.717) is 6.42 Å². The molecule has 0 aromatic heterocycles. The first-order valence-electron chi connectivity index (χ1n) is 7.83. The highest BCUT2D eigenvalue weighted by atomic mass is 16.6. The molecule has 1 aromatic rings. The lowest BCUT2D eigenvalue weighted by atomic mass is 10.0. The van der Waals surface area contributed by atoms with Gasteiger partial charge in [0, 0.05) is 31.0 Å². The van der Waals surface area contributed by atoms with Crippen LogP contribution in [-0.4, -0.2) is 36.2 Å². The van der Waals surface area contributed by atoms with Crippen molar-refractivity contribution < 1.29 is 14.4 Å². The molecule has 2 amide bonds. The average Bonchev–Trinajstić information content (AvgIpc) is 2.96. The molecule has 0 unspecified atom stereocenters. The summed E-state index contributed by atoms with van der Waals surface area (Å²) in [6.45, 7) is 6.08. The van der Waals surface area contributed by atoms with Crippen LogP contribution in [-0.2, 0) is 14.4 Å².